The molecule has 1 aromatic heterocycles. The average Bonchev–Trinajstić information content (AvgIpc) is 3.24. The Hall–Kier alpha value is -2.23. The minimum atomic E-state index is -3.46. The van der Waals surface area contributed by atoms with Gasteiger partial charge in [0.25, 0.3) is 0 Å². The van der Waals surface area contributed by atoms with Crippen LogP contribution in [-0.2, 0) is 10.0 Å². The number of halogens is 2. The molecule has 1 aliphatic heterocycles. The molecule has 1 aromatic carbocycles. The van der Waals surface area contributed by atoms with Crippen LogP contribution in [0.25, 0.3) is 0 Å². The Morgan fingerprint density at radius 2 is 2.09 bits per heavy atom. The predicted molar refractivity (Wildman–Crippen MR) is 126 cm³/mol. The highest BCUT2D eigenvalue weighted by Crippen LogP contribution is 2.24. The van der Waals surface area contributed by atoms with Crippen LogP contribution in [-0.4, -0.2) is 72.3 Å². The number of amidine groups is 1. The van der Waals surface area contributed by atoms with E-state index in [1.165, 1.54) is 30.0 Å². The molecule has 180 valence electrons. The summed E-state index contributed by atoms with van der Waals surface area (Å²) in [5.41, 5.74) is 2.49. The van der Waals surface area contributed by atoms with Gasteiger partial charge in [-0.25, -0.2) is 22.4 Å². The average molecular weight is 564 g/mol. The first-order chi connectivity index (χ1) is 15.8. The smallest absolute Gasteiger partial charge is 0.232 e. The van der Waals surface area contributed by atoms with Crippen molar-refractivity contribution in [3.8, 4) is 0 Å². The third kappa shape index (κ3) is 7.65. The lowest BCUT2D eigenvalue weighted by Crippen LogP contribution is -2.46. The van der Waals surface area contributed by atoms with Crippen molar-refractivity contribution >= 4 is 55.2 Å². The Labute approximate surface area is 203 Å². The lowest BCUT2D eigenvalue weighted by atomic mass is 10.1. The summed E-state index contributed by atoms with van der Waals surface area (Å²) in [5, 5.41) is 17.5. The maximum Gasteiger partial charge on any atom is 0.232 e. The standard InChI is InChI=1S/C18H23BrFN7O4S2/c1-33(29,30)26-18(27-8-3-2-4-9-27)21-7-10-32-17-15(24-31-25-17)16(23-28)22-12-5-6-14(20)13(19)11-12/h5-6,11,28H,2-4,7-10H2,1H3,(H,21,26)(H,22,23). The van der Waals surface area contributed by atoms with E-state index in [2.05, 4.69) is 41.0 Å². The van der Waals surface area contributed by atoms with Crippen LogP contribution < -0.4 is 10.2 Å². The van der Waals surface area contributed by atoms with Gasteiger partial charge in [0.05, 0.1) is 23.0 Å². The van der Waals surface area contributed by atoms with E-state index in [1.807, 2.05) is 10.4 Å². The van der Waals surface area contributed by atoms with E-state index in [1.54, 1.807) is 0 Å². The van der Waals surface area contributed by atoms with Crippen molar-refractivity contribution in [3.63, 3.8) is 0 Å². The fourth-order valence-electron chi connectivity index (χ4n) is 3.00. The zero-order valence-electron chi connectivity index (χ0n) is 17.7. The molecule has 1 aliphatic rings. The van der Waals surface area contributed by atoms with Crippen molar-refractivity contribution < 1.29 is 22.6 Å². The van der Waals surface area contributed by atoms with Crippen LogP contribution in [0.3, 0.4) is 0 Å². The Morgan fingerprint density at radius 1 is 1.33 bits per heavy atom. The van der Waals surface area contributed by atoms with Gasteiger partial charge < -0.3 is 4.90 Å². The first kappa shape index (κ1) is 25.4. The van der Waals surface area contributed by atoms with Crippen molar-refractivity contribution in [3.05, 3.63) is 34.2 Å². The molecule has 3 N–H and O–H groups in total. The van der Waals surface area contributed by atoms with E-state index in [0.717, 1.165) is 38.6 Å². The minimum Gasteiger partial charge on any atom is -0.342 e. The minimum absolute atomic E-state index is 0.0338. The molecular weight excluding hydrogens is 541 g/mol. The van der Waals surface area contributed by atoms with E-state index in [4.69, 9.17) is 4.63 Å². The van der Waals surface area contributed by atoms with Gasteiger partial charge in [0.15, 0.2) is 16.6 Å². The highest BCUT2D eigenvalue weighted by molar-refractivity contribution is 9.10. The molecule has 0 spiro atoms. The van der Waals surface area contributed by atoms with Gasteiger partial charge in [-0.15, -0.1) is 0 Å². The molecule has 1 fully saturated rings. The lowest BCUT2D eigenvalue weighted by molar-refractivity contribution is 0.234. The van der Waals surface area contributed by atoms with E-state index in [9.17, 15) is 18.0 Å². The molecule has 1 saturated heterocycles. The molecule has 0 saturated carbocycles. The molecule has 0 amide bonds. The predicted octanol–water partition coefficient (Wildman–Crippen LogP) is 2.51. The monoisotopic (exact) mass is 563 g/mol. The molecule has 0 bridgehead atoms. The van der Waals surface area contributed by atoms with Crippen LogP contribution in [0, 0.1) is 5.82 Å². The van der Waals surface area contributed by atoms with Crippen molar-refractivity contribution in [1.29, 1.82) is 0 Å². The molecule has 11 nitrogen and oxygen atoms in total. The van der Waals surface area contributed by atoms with E-state index in [-0.39, 0.29) is 16.0 Å². The van der Waals surface area contributed by atoms with E-state index in [0.29, 0.717) is 29.0 Å². The summed E-state index contributed by atoms with van der Waals surface area (Å²) in [5.74, 6) is 0.290. The molecule has 15 heteroatoms. The summed E-state index contributed by atoms with van der Waals surface area (Å²) in [6, 6.07) is 4.11. The van der Waals surface area contributed by atoms with Gasteiger partial charge >= 0.3 is 0 Å². The number of hydrogen-bond donors (Lipinski definition) is 3. The Balaban J connectivity index is 1.68. The number of benzene rings is 1. The molecule has 3 rings (SSSR count). The summed E-state index contributed by atoms with van der Waals surface area (Å²) in [4.78, 5) is 10.6. The van der Waals surface area contributed by atoms with Crippen LogP contribution in [0.2, 0.25) is 0 Å². The summed E-state index contributed by atoms with van der Waals surface area (Å²) < 4.78 is 44.4. The third-order valence-electron chi connectivity index (χ3n) is 4.46. The lowest BCUT2D eigenvalue weighted by Gasteiger charge is -2.29. The van der Waals surface area contributed by atoms with Crippen molar-refractivity contribution in [2.24, 2.45) is 9.98 Å². The number of sulfonamides is 1. The summed E-state index contributed by atoms with van der Waals surface area (Å²) in [6.07, 6.45) is 4.16. The molecule has 0 radical (unpaired) electrons. The van der Waals surface area contributed by atoms with Crippen LogP contribution in [0.15, 0.2) is 42.3 Å². The highest BCUT2D eigenvalue weighted by atomic mass is 79.9. The Bertz CT molecular complexity index is 1120. The van der Waals surface area contributed by atoms with Crippen LogP contribution in [0.5, 0.6) is 0 Å². The molecular formula is C18H23BrFN7O4S2. The number of thioether (sulfide) groups is 1. The molecule has 0 aliphatic carbocycles. The molecule has 2 heterocycles. The van der Waals surface area contributed by atoms with Crippen molar-refractivity contribution in [2.45, 2.75) is 24.3 Å². The fraction of sp³-hybridized carbons (Fsp3) is 0.444. The molecule has 33 heavy (non-hydrogen) atoms. The second-order valence-corrected chi connectivity index (χ2v) is 10.8. The number of aromatic nitrogens is 2. The number of nitrogens with zero attached hydrogens (tertiary/aromatic N) is 5. The fourth-order valence-corrected chi connectivity index (χ4v) is 4.62. The van der Waals surface area contributed by atoms with E-state index < -0.39 is 15.8 Å². The maximum absolute atomic E-state index is 13.4. The Kier molecular flexibility index (Phi) is 9.05. The van der Waals surface area contributed by atoms with Gasteiger partial charge in [-0.05, 0) is 63.7 Å². The first-order valence-corrected chi connectivity index (χ1v) is 13.6. The second kappa shape index (κ2) is 11.8. The Morgan fingerprint density at radius 3 is 2.76 bits per heavy atom. The maximum atomic E-state index is 13.4. The molecule has 0 unspecified atom stereocenters. The van der Waals surface area contributed by atoms with Gasteiger partial charge in [-0.3, -0.25) is 20.4 Å². The number of aliphatic imine (C=N–C) groups is 2. The van der Waals surface area contributed by atoms with Gasteiger partial charge in [0, 0.05) is 18.8 Å². The largest absolute Gasteiger partial charge is 0.342 e. The number of likely N-dealkylation sites (tertiary alicyclic amines) is 1. The number of rotatable bonds is 7. The highest BCUT2D eigenvalue weighted by Gasteiger charge is 2.19. The number of hydroxylamine groups is 1. The first-order valence-electron chi connectivity index (χ1n) is 9.93. The van der Waals surface area contributed by atoms with Crippen molar-refractivity contribution in [2.75, 3.05) is 31.6 Å². The van der Waals surface area contributed by atoms with Crippen LogP contribution in [0.1, 0.15) is 25.0 Å². The molecule has 0 atom stereocenters. The zero-order chi connectivity index (χ0) is 23.8. The van der Waals surface area contributed by atoms with Crippen molar-refractivity contribution in [1.82, 2.24) is 25.4 Å². The normalized spacial score (nSPS) is 15.6. The number of piperidine rings is 1. The number of nitrogens with one attached hydrogen (secondary N) is 2. The van der Waals surface area contributed by atoms with E-state index >= 15 is 0 Å². The summed E-state index contributed by atoms with van der Waals surface area (Å²) >= 11 is 4.33. The quantitative estimate of drug-likeness (QED) is 0.152. The van der Waals surface area contributed by atoms with Gasteiger partial charge in [0.1, 0.15) is 5.82 Å². The van der Waals surface area contributed by atoms with Crippen LogP contribution in [0.4, 0.5) is 10.1 Å². The third-order valence-corrected chi connectivity index (χ3v) is 6.55. The topological polar surface area (TPSA) is 145 Å². The second-order valence-electron chi connectivity index (χ2n) is 7.06. The number of guanidine groups is 1. The van der Waals surface area contributed by atoms with Gasteiger partial charge in [-0.2, -0.15) is 0 Å². The summed E-state index contributed by atoms with van der Waals surface area (Å²) in [6.45, 7) is 1.79. The SMILES string of the molecule is CS(=O)(=O)NC(=NCCSc1nonc1C(=Nc1ccc(F)c(Br)c1)NO)N1CCCCC1. The zero-order valence-corrected chi connectivity index (χ0v) is 20.9. The molecule has 2 aromatic rings. The van der Waals surface area contributed by atoms with Crippen LogP contribution >= 0.6 is 27.7 Å². The van der Waals surface area contributed by atoms with Gasteiger partial charge in [-0.1, -0.05) is 11.8 Å². The van der Waals surface area contributed by atoms with Gasteiger partial charge in [0.2, 0.25) is 16.0 Å². The number of hydrogen-bond acceptors (Lipinski definition) is 9. The summed E-state index contributed by atoms with van der Waals surface area (Å²) in [7, 11) is -3.46.